The number of methoxy groups -OCH3 is 1. The van der Waals surface area contributed by atoms with Gasteiger partial charge in [0.2, 0.25) is 12.3 Å². The fourth-order valence-corrected chi connectivity index (χ4v) is 4.23. The third kappa shape index (κ3) is 4.76. The maximum Gasteiger partial charge on any atom is 0.262 e. The molecule has 0 saturated carbocycles. The standard InChI is InChI=1S/C19H24F2N4O3S/c1-13(18(20)21)15-12-16(25-10-8-22-9-11-25)23-19(28-2)17(15)24-29(26,27)14-6-4-3-5-7-14/h3-7,12-13,18,22,24H,8-11H2,1-2H3. The summed E-state index contributed by atoms with van der Waals surface area (Å²) in [4.78, 5) is 6.37. The van der Waals surface area contributed by atoms with E-state index >= 15 is 0 Å². The van der Waals surface area contributed by atoms with E-state index in [2.05, 4.69) is 15.0 Å². The summed E-state index contributed by atoms with van der Waals surface area (Å²) >= 11 is 0. The van der Waals surface area contributed by atoms with Crippen LogP contribution in [0.3, 0.4) is 0 Å². The van der Waals surface area contributed by atoms with E-state index in [4.69, 9.17) is 4.74 Å². The largest absolute Gasteiger partial charge is 0.479 e. The molecule has 1 unspecified atom stereocenters. The lowest BCUT2D eigenvalue weighted by Crippen LogP contribution is -2.44. The van der Waals surface area contributed by atoms with Crippen molar-refractivity contribution in [3.05, 3.63) is 42.0 Å². The van der Waals surface area contributed by atoms with Crippen molar-refractivity contribution in [3.8, 4) is 5.88 Å². The molecule has 0 spiro atoms. The first kappa shape index (κ1) is 21.3. The summed E-state index contributed by atoms with van der Waals surface area (Å²) in [6, 6.07) is 9.23. The molecular formula is C19H24F2N4O3S. The van der Waals surface area contributed by atoms with Gasteiger partial charge < -0.3 is 15.0 Å². The van der Waals surface area contributed by atoms with Crippen LogP contribution < -0.4 is 19.7 Å². The van der Waals surface area contributed by atoms with E-state index < -0.39 is 22.4 Å². The van der Waals surface area contributed by atoms with Gasteiger partial charge >= 0.3 is 0 Å². The molecule has 1 aliphatic heterocycles. The van der Waals surface area contributed by atoms with Crippen LogP contribution in [-0.2, 0) is 10.0 Å². The van der Waals surface area contributed by atoms with Gasteiger partial charge in [-0.15, -0.1) is 0 Å². The third-order valence-electron chi connectivity index (χ3n) is 4.80. The second-order valence-corrected chi connectivity index (χ2v) is 8.42. The average molecular weight is 426 g/mol. The number of pyridine rings is 1. The Kier molecular flexibility index (Phi) is 6.53. The number of hydrogen-bond donors (Lipinski definition) is 2. The lowest BCUT2D eigenvalue weighted by atomic mass is 10.0. The maximum absolute atomic E-state index is 13.6. The molecular weight excluding hydrogens is 402 g/mol. The Balaban J connectivity index is 2.08. The summed E-state index contributed by atoms with van der Waals surface area (Å²) in [7, 11) is -2.67. The van der Waals surface area contributed by atoms with Crippen LogP contribution in [0.1, 0.15) is 18.4 Å². The van der Waals surface area contributed by atoms with Crippen molar-refractivity contribution in [1.29, 1.82) is 0 Å². The fourth-order valence-electron chi connectivity index (χ4n) is 3.12. The SMILES string of the molecule is COc1nc(N2CCNCC2)cc(C(C)C(F)F)c1NS(=O)(=O)c1ccccc1. The summed E-state index contributed by atoms with van der Waals surface area (Å²) in [5.41, 5.74) is 0.0722. The molecule has 0 bridgehead atoms. The highest BCUT2D eigenvalue weighted by molar-refractivity contribution is 7.92. The molecule has 7 nitrogen and oxygen atoms in total. The van der Waals surface area contributed by atoms with Gasteiger partial charge in [-0.25, -0.2) is 17.2 Å². The van der Waals surface area contributed by atoms with E-state index in [0.29, 0.717) is 18.9 Å². The minimum atomic E-state index is -4.00. The second kappa shape index (κ2) is 8.91. The molecule has 1 aromatic heterocycles. The number of nitrogens with zero attached hydrogens (tertiary/aromatic N) is 2. The summed E-state index contributed by atoms with van der Waals surface area (Å²) in [6.45, 7) is 4.15. The second-order valence-electron chi connectivity index (χ2n) is 6.73. The number of alkyl halides is 2. The number of anilines is 2. The molecule has 2 heterocycles. The van der Waals surface area contributed by atoms with Crippen LogP contribution in [0.15, 0.2) is 41.3 Å². The van der Waals surface area contributed by atoms with Crippen molar-refractivity contribution in [2.45, 2.75) is 24.2 Å². The summed E-state index contributed by atoms with van der Waals surface area (Å²) in [6.07, 6.45) is -2.68. The molecule has 1 aliphatic rings. The fraction of sp³-hybridized carbons (Fsp3) is 0.421. The van der Waals surface area contributed by atoms with E-state index in [1.165, 1.54) is 32.2 Å². The van der Waals surface area contributed by atoms with Gasteiger partial charge in [0.15, 0.2) is 0 Å². The van der Waals surface area contributed by atoms with E-state index in [1.807, 2.05) is 4.90 Å². The summed E-state index contributed by atoms with van der Waals surface area (Å²) < 4.78 is 60.5. The first-order chi connectivity index (χ1) is 13.8. The molecule has 10 heteroatoms. The average Bonchev–Trinajstić information content (AvgIpc) is 2.74. The van der Waals surface area contributed by atoms with E-state index in [0.717, 1.165) is 13.1 Å². The Bertz CT molecular complexity index is 936. The van der Waals surface area contributed by atoms with Crippen molar-refractivity contribution >= 4 is 21.5 Å². The van der Waals surface area contributed by atoms with Gasteiger partial charge in [-0.3, -0.25) is 4.72 Å². The predicted molar refractivity (Wildman–Crippen MR) is 108 cm³/mol. The molecule has 0 radical (unpaired) electrons. The zero-order valence-electron chi connectivity index (χ0n) is 16.2. The number of ether oxygens (including phenoxy) is 1. The Labute approximate surface area is 169 Å². The van der Waals surface area contributed by atoms with Crippen LogP contribution in [0.25, 0.3) is 0 Å². The van der Waals surface area contributed by atoms with Gasteiger partial charge in [0, 0.05) is 32.1 Å². The zero-order valence-corrected chi connectivity index (χ0v) is 17.0. The monoisotopic (exact) mass is 426 g/mol. The first-order valence-corrected chi connectivity index (χ1v) is 10.7. The molecule has 1 atom stereocenters. The molecule has 3 rings (SSSR count). The van der Waals surface area contributed by atoms with Crippen LogP contribution in [0.5, 0.6) is 5.88 Å². The van der Waals surface area contributed by atoms with Crippen LogP contribution in [-0.4, -0.2) is 53.1 Å². The van der Waals surface area contributed by atoms with E-state index in [1.54, 1.807) is 18.2 Å². The Morgan fingerprint density at radius 2 is 1.86 bits per heavy atom. The smallest absolute Gasteiger partial charge is 0.262 e. The number of benzene rings is 1. The molecule has 1 saturated heterocycles. The Morgan fingerprint density at radius 1 is 1.21 bits per heavy atom. The van der Waals surface area contributed by atoms with Crippen LogP contribution in [0, 0.1) is 0 Å². The summed E-state index contributed by atoms with van der Waals surface area (Å²) in [5.74, 6) is -0.779. The molecule has 1 aromatic carbocycles. The number of nitrogens with one attached hydrogen (secondary N) is 2. The third-order valence-corrected chi connectivity index (χ3v) is 6.16. The molecule has 2 N–H and O–H groups in total. The summed E-state index contributed by atoms with van der Waals surface area (Å²) in [5, 5.41) is 3.22. The quantitative estimate of drug-likeness (QED) is 0.708. The molecule has 0 amide bonds. The maximum atomic E-state index is 13.6. The van der Waals surface area contributed by atoms with Crippen molar-refractivity contribution in [2.24, 2.45) is 0 Å². The van der Waals surface area contributed by atoms with Gasteiger partial charge in [-0.1, -0.05) is 25.1 Å². The molecule has 2 aromatic rings. The minimum Gasteiger partial charge on any atom is -0.479 e. The highest BCUT2D eigenvalue weighted by Gasteiger charge is 2.28. The number of aromatic nitrogens is 1. The zero-order chi connectivity index (χ0) is 21.0. The van der Waals surface area contributed by atoms with Crippen molar-refractivity contribution in [1.82, 2.24) is 10.3 Å². The van der Waals surface area contributed by atoms with Gasteiger partial charge in [0.25, 0.3) is 10.0 Å². The lowest BCUT2D eigenvalue weighted by molar-refractivity contribution is 0.121. The number of hydrogen-bond acceptors (Lipinski definition) is 6. The van der Waals surface area contributed by atoms with Gasteiger partial charge in [0.1, 0.15) is 11.5 Å². The number of sulfonamides is 1. The van der Waals surface area contributed by atoms with Crippen molar-refractivity contribution in [2.75, 3.05) is 42.9 Å². The Hall–Kier alpha value is -2.46. The van der Waals surface area contributed by atoms with Crippen molar-refractivity contribution < 1.29 is 21.9 Å². The van der Waals surface area contributed by atoms with Gasteiger partial charge in [-0.2, -0.15) is 4.98 Å². The highest BCUT2D eigenvalue weighted by Crippen LogP contribution is 2.38. The molecule has 1 fully saturated rings. The van der Waals surface area contributed by atoms with Crippen LogP contribution >= 0.6 is 0 Å². The van der Waals surface area contributed by atoms with E-state index in [9.17, 15) is 17.2 Å². The topological polar surface area (TPSA) is 83.6 Å². The van der Waals surface area contributed by atoms with Crippen LogP contribution in [0.2, 0.25) is 0 Å². The van der Waals surface area contributed by atoms with Gasteiger partial charge in [-0.05, 0) is 23.8 Å². The number of rotatable bonds is 7. The lowest BCUT2D eigenvalue weighted by Gasteiger charge is -2.30. The molecule has 0 aliphatic carbocycles. The number of halogens is 2. The normalized spacial score (nSPS) is 16.0. The Morgan fingerprint density at radius 3 is 2.45 bits per heavy atom. The number of piperazine rings is 1. The van der Waals surface area contributed by atoms with E-state index in [-0.39, 0.29) is 22.0 Å². The van der Waals surface area contributed by atoms with Crippen LogP contribution in [0.4, 0.5) is 20.3 Å². The predicted octanol–water partition coefficient (Wildman–Crippen LogP) is 2.67. The van der Waals surface area contributed by atoms with Gasteiger partial charge in [0.05, 0.1) is 12.0 Å². The highest BCUT2D eigenvalue weighted by atomic mass is 32.2. The minimum absolute atomic E-state index is 0.0175. The first-order valence-electron chi connectivity index (χ1n) is 9.24. The van der Waals surface area contributed by atoms with Crippen molar-refractivity contribution in [3.63, 3.8) is 0 Å². The molecule has 29 heavy (non-hydrogen) atoms. The molecule has 158 valence electrons.